The maximum absolute atomic E-state index is 6.81. The molecule has 5 aromatic carbocycles. The molecule has 0 spiro atoms. The topological polar surface area (TPSA) is 61.6 Å². The highest BCUT2D eigenvalue weighted by Crippen LogP contribution is 2.43. The van der Waals surface area contributed by atoms with Gasteiger partial charge in [0.1, 0.15) is 34.2 Å². The molecule has 0 saturated carbocycles. The fourth-order valence-electron chi connectivity index (χ4n) is 7.37. The number of ether oxygens (including phenoxy) is 4. The molecule has 0 aliphatic carbocycles. The Labute approximate surface area is 300 Å². The third-order valence-electron chi connectivity index (χ3n) is 11.7. The van der Waals surface area contributed by atoms with E-state index in [1.54, 1.807) is 0 Å². The number of nitrogens with zero attached hydrogens (tertiary/aromatic N) is 2. The van der Waals surface area contributed by atoms with Crippen molar-refractivity contribution in [3.63, 3.8) is 0 Å². The Morgan fingerprint density at radius 1 is 0.471 bits per heavy atom. The molecule has 4 heterocycles. The van der Waals surface area contributed by atoms with Crippen LogP contribution in [0.4, 0.5) is 0 Å². The first-order valence-electron chi connectivity index (χ1n) is 17.8. The molecule has 0 N–H and O–H groups in total. The van der Waals surface area contributed by atoms with Gasteiger partial charge in [0.25, 0.3) is 6.71 Å². The third-order valence-corrected chi connectivity index (χ3v) is 11.7. The Hall–Kier alpha value is -5.30. The quantitative estimate of drug-likeness (QED) is 0.176. The standard InChI is InChI=1S/C44H41BN2O4/c1-41(2)43(5,6)50-39(46-41)28-16-9-14-26(24-28)30-18-11-20-32-37(30)48-34-22-13-23-35-36(34)45(32)33-21-12-19-31(38(33)49-35)27-15-10-17-29(25-27)40-47-42(3,4)44(7,8)51-40/h9-25H,1-8H3. The van der Waals surface area contributed by atoms with Crippen molar-refractivity contribution in [2.75, 3.05) is 0 Å². The van der Waals surface area contributed by atoms with Crippen LogP contribution < -0.4 is 25.9 Å². The van der Waals surface area contributed by atoms with Gasteiger partial charge >= 0.3 is 0 Å². The Morgan fingerprint density at radius 2 is 0.863 bits per heavy atom. The average Bonchev–Trinajstić information content (AvgIpc) is 3.47. The smallest absolute Gasteiger partial charge is 0.260 e. The summed E-state index contributed by atoms with van der Waals surface area (Å²) in [5.41, 5.74) is 7.78. The average molecular weight is 673 g/mol. The van der Waals surface area contributed by atoms with E-state index in [2.05, 4.69) is 140 Å². The molecule has 0 saturated heterocycles. The van der Waals surface area contributed by atoms with E-state index in [1.807, 2.05) is 18.2 Å². The van der Waals surface area contributed by atoms with Gasteiger partial charge in [0.2, 0.25) is 11.8 Å². The number of benzene rings is 5. The second-order valence-electron chi connectivity index (χ2n) is 16.1. The van der Waals surface area contributed by atoms with Crippen LogP contribution in [-0.2, 0) is 9.47 Å². The van der Waals surface area contributed by atoms with Gasteiger partial charge in [0, 0.05) is 27.7 Å². The lowest BCUT2D eigenvalue weighted by Gasteiger charge is -2.34. The zero-order valence-corrected chi connectivity index (χ0v) is 30.4. The van der Waals surface area contributed by atoms with Gasteiger partial charge < -0.3 is 18.9 Å². The maximum Gasteiger partial charge on any atom is 0.260 e. The lowest BCUT2D eigenvalue weighted by molar-refractivity contribution is 0.0618. The predicted octanol–water partition coefficient (Wildman–Crippen LogP) is 8.42. The lowest BCUT2D eigenvalue weighted by Crippen LogP contribution is -2.57. The SMILES string of the molecule is CC1(C)N=C(c2cccc(-c3cccc4c3Oc3cccc5c3B4c3cccc(-c4cccc(C6=NC(C)(C)C(C)(C)O6)c4)c3O5)c2)OC1(C)C. The molecule has 4 aliphatic heterocycles. The molecule has 6 nitrogen and oxygen atoms in total. The van der Waals surface area contributed by atoms with Crippen molar-refractivity contribution in [3.05, 3.63) is 114 Å². The highest BCUT2D eigenvalue weighted by atomic mass is 16.5. The number of hydrogen-bond donors (Lipinski definition) is 0. The normalized spacial score (nSPS) is 19.3. The van der Waals surface area contributed by atoms with E-state index in [9.17, 15) is 0 Å². The zero-order valence-electron chi connectivity index (χ0n) is 30.4. The summed E-state index contributed by atoms with van der Waals surface area (Å²) in [6.07, 6.45) is 0. The van der Waals surface area contributed by atoms with Crippen molar-refractivity contribution in [2.45, 2.75) is 77.7 Å². The van der Waals surface area contributed by atoms with Crippen LogP contribution in [0.2, 0.25) is 0 Å². The molecule has 0 radical (unpaired) electrons. The summed E-state index contributed by atoms with van der Waals surface area (Å²) in [5.74, 6) is 4.64. The predicted molar refractivity (Wildman–Crippen MR) is 207 cm³/mol. The second-order valence-corrected chi connectivity index (χ2v) is 16.1. The van der Waals surface area contributed by atoms with Crippen LogP contribution >= 0.6 is 0 Å². The van der Waals surface area contributed by atoms with Crippen molar-refractivity contribution in [1.29, 1.82) is 0 Å². The summed E-state index contributed by atoms with van der Waals surface area (Å²) < 4.78 is 26.4. The van der Waals surface area contributed by atoms with Crippen LogP contribution in [0.3, 0.4) is 0 Å². The fourth-order valence-corrected chi connectivity index (χ4v) is 7.37. The summed E-state index contributed by atoms with van der Waals surface area (Å²) in [7, 11) is 0. The molecule has 51 heavy (non-hydrogen) atoms. The molecule has 7 heteroatoms. The Morgan fingerprint density at radius 3 is 1.27 bits per heavy atom. The third kappa shape index (κ3) is 4.77. The molecule has 0 amide bonds. The van der Waals surface area contributed by atoms with Crippen LogP contribution in [-0.4, -0.2) is 40.8 Å². The van der Waals surface area contributed by atoms with E-state index in [1.165, 1.54) is 0 Å². The highest BCUT2D eigenvalue weighted by Gasteiger charge is 2.47. The van der Waals surface area contributed by atoms with Crippen LogP contribution in [0.25, 0.3) is 22.3 Å². The van der Waals surface area contributed by atoms with E-state index in [0.29, 0.717) is 11.8 Å². The minimum absolute atomic E-state index is 0.0803. The number of aliphatic imine (C=N–C) groups is 2. The van der Waals surface area contributed by atoms with Crippen molar-refractivity contribution in [2.24, 2.45) is 9.98 Å². The van der Waals surface area contributed by atoms with Crippen LogP contribution in [0.15, 0.2) is 113 Å². The van der Waals surface area contributed by atoms with Gasteiger partial charge in [0.15, 0.2) is 0 Å². The van der Waals surface area contributed by atoms with Crippen molar-refractivity contribution in [3.8, 4) is 45.3 Å². The van der Waals surface area contributed by atoms with Crippen LogP contribution in [0.1, 0.15) is 66.5 Å². The molecule has 0 aromatic heterocycles. The van der Waals surface area contributed by atoms with Gasteiger partial charge in [-0.3, -0.25) is 0 Å². The number of para-hydroxylation sites is 2. The minimum Gasteiger partial charge on any atom is -0.469 e. The summed E-state index contributed by atoms with van der Waals surface area (Å²) in [6, 6.07) is 35.8. The number of hydrogen-bond acceptors (Lipinski definition) is 6. The summed E-state index contributed by atoms with van der Waals surface area (Å²) in [5, 5.41) is 0. The summed E-state index contributed by atoms with van der Waals surface area (Å²) in [4.78, 5) is 9.94. The molecular weight excluding hydrogens is 631 g/mol. The lowest BCUT2D eigenvalue weighted by atomic mass is 9.34. The first-order chi connectivity index (χ1) is 24.2. The van der Waals surface area contributed by atoms with Gasteiger partial charge in [-0.2, -0.15) is 0 Å². The highest BCUT2D eigenvalue weighted by molar-refractivity contribution is 6.98. The van der Waals surface area contributed by atoms with Crippen molar-refractivity contribution >= 4 is 34.9 Å². The van der Waals surface area contributed by atoms with Crippen LogP contribution in [0.5, 0.6) is 23.0 Å². The Bertz CT molecular complexity index is 2190. The molecule has 9 rings (SSSR count). The summed E-state index contributed by atoms with van der Waals surface area (Å²) in [6.45, 7) is 16.8. The number of rotatable bonds is 4. The van der Waals surface area contributed by atoms with E-state index in [-0.39, 0.29) is 17.8 Å². The molecule has 0 bridgehead atoms. The number of fused-ring (bicyclic) bond motifs is 4. The Balaban J connectivity index is 1.15. The first-order valence-corrected chi connectivity index (χ1v) is 17.8. The zero-order chi connectivity index (χ0) is 35.5. The van der Waals surface area contributed by atoms with E-state index in [4.69, 9.17) is 28.9 Å². The molecule has 0 atom stereocenters. The minimum atomic E-state index is -0.405. The summed E-state index contributed by atoms with van der Waals surface area (Å²) >= 11 is 0. The van der Waals surface area contributed by atoms with Crippen molar-refractivity contribution in [1.82, 2.24) is 0 Å². The maximum atomic E-state index is 6.81. The molecular formula is C44H41BN2O4. The molecule has 4 aliphatic rings. The molecule has 254 valence electrons. The van der Waals surface area contributed by atoms with E-state index < -0.39 is 11.2 Å². The van der Waals surface area contributed by atoms with Crippen LogP contribution in [0, 0.1) is 0 Å². The molecule has 0 fully saturated rings. The fraction of sp³-hybridized carbons (Fsp3) is 0.273. The van der Waals surface area contributed by atoms with Gasteiger partial charge in [-0.15, -0.1) is 0 Å². The van der Waals surface area contributed by atoms with Gasteiger partial charge in [0.05, 0.1) is 11.1 Å². The first kappa shape index (κ1) is 31.7. The van der Waals surface area contributed by atoms with Gasteiger partial charge in [-0.05, 0) is 114 Å². The van der Waals surface area contributed by atoms with Crippen molar-refractivity contribution < 1.29 is 18.9 Å². The molecule has 5 aromatic rings. The molecule has 0 unspecified atom stereocenters. The van der Waals surface area contributed by atoms with Gasteiger partial charge in [-0.1, -0.05) is 66.7 Å². The monoisotopic (exact) mass is 672 g/mol. The largest absolute Gasteiger partial charge is 0.469 e. The second kappa shape index (κ2) is 10.6. The van der Waals surface area contributed by atoms with Gasteiger partial charge in [-0.25, -0.2) is 9.98 Å². The Kier molecular flexibility index (Phi) is 6.59. The van der Waals surface area contributed by atoms with E-state index >= 15 is 0 Å². The van der Waals surface area contributed by atoms with E-state index in [0.717, 1.165) is 72.8 Å².